The highest BCUT2D eigenvalue weighted by Gasteiger charge is 2.78. The average Bonchev–Trinajstić information content (AvgIpc) is 3.11. The van der Waals surface area contributed by atoms with E-state index in [1.165, 1.54) is 13.8 Å². The molecule has 5 aliphatic rings. The number of carbonyl (C=O) groups is 6. The molecule has 59 heavy (non-hydrogen) atoms. The third-order valence-electron chi connectivity index (χ3n) is 13.4. The maximum atomic E-state index is 15.4. The van der Waals surface area contributed by atoms with Gasteiger partial charge in [0.25, 0.3) is 0 Å². The molecule has 0 aromatic heterocycles. The summed E-state index contributed by atoms with van der Waals surface area (Å²) < 4.78 is 35.8. The summed E-state index contributed by atoms with van der Waals surface area (Å²) in [5.41, 5.74) is -8.21. The summed E-state index contributed by atoms with van der Waals surface area (Å²) in [6, 6.07) is -1.16. The number of nitrogens with one attached hydrogen (secondary N) is 1. The van der Waals surface area contributed by atoms with Gasteiger partial charge in [0.2, 0.25) is 0 Å². The lowest BCUT2D eigenvalue weighted by atomic mass is 9.44. The fraction of sp³-hybridized carbons (Fsp3) is 0.814. The van der Waals surface area contributed by atoms with Crippen molar-refractivity contribution in [1.82, 2.24) is 5.32 Å². The van der Waals surface area contributed by atoms with Gasteiger partial charge in [0.15, 0.2) is 23.6 Å². The highest BCUT2D eigenvalue weighted by molar-refractivity contribution is 5.95. The predicted molar refractivity (Wildman–Crippen MR) is 208 cm³/mol. The first-order valence-electron chi connectivity index (χ1n) is 20.9. The fourth-order valence-electron chi connectivity index (χ4n) is 10.4. The minimum atomic E-state index is -2.30. The van der Waals surface area contributed by atoms with E-state index >= 15 is 4.79 Å². The van der Waals surface area contributed by atoms with E-state index in [0.29, 0.717) is 12.8 Å². The summed E-state index contributed by atoms with van der Waals surface area (Å²) in [5, 5.41) is 39.7. The van der Waals surface area contributed by atoms with Gasteiger partial charge in [-0.25, -0.2) is 9.59 Å². The van der Waals surface area contributed by atoms with Gasteiger partial charge in [0, 0.05) is 32.1 Å². The normalized spacial score (nSPS) is 35.3. The molecule has 2 bridgehead atoms. The zero-order valence-electron chi connectivity index (χ0n) is 36.4. The van der Waals surface area contributed by atoms with Crippen molar-refractivity contribution < 1.29 is 72.5 Å². The monoisotopic (exact) mass is 835 g/mol. The summed E-state index contributed by atoms with van der Waals surface area (Å²) >= 11 is 0. The maximum absolute atomic E-state index is 15.4. The van der Waals surface area contributed by atoms with E-state index in [1.54, 1.807) is 41.5 Å². The Labute approximate surface area is 346 Å². The molecular formula is C43H65NO15. The van der Waals surface area contributed by atoms with Crippen molar-refractivity contribution in [3.63, 3.8) is 0 Å². The number of esters is 4. The van der Waals surface area contributed by atoms with Crippen molar-refractivity contribution in [3.05, 3.63) is 11.1 Å². The van der Waals surface area contributed by atoms with E-state index in [9.17, 15) is 39.3 Å². The molecule has 1 heterocycles. The van der Waals surface area contributed by atoms with Crippen molar-refractivity contribution in [2.45, 2.75) is 187 Å². The van der Waals surface area contributed by atoms with Gasteiger partial charge in [-0.05, 0) is 70.9 Å². The van der Waals surface area contributed by atoms with Crippen LogP contribution in [0, 0.1) is 28.6 Å². The molecule has 1 unspecified atom stereocenters. The summed E-state index contributed by atoms with van der Waals surface area (Å²) in [7, 11) is 0. The van der Waals surface area contributed by atoms with Crippen molar-refractivity contribution >= 4 is 35.8 Å². The van der Waals surface area contributed by atoms with Gasteiger partial charge >= 0.3 is 30.0 Å². The van der Waals surface area contributed by atoms with Crippen LogP contribution in [0.1, 0.15) is 128 Å². The van der Waals surface area contributed by atoms with Crippen molar-refractivity contribution in [1.29, 1.82) is 0 Å². The van der Waals surface area contributed by atoms with Crippen LogP contribution < -0.4 is 5.32 Å². The molecule has 0 spiro atoms. The number of carbonyl (C=O) groups excluding carboxylic acids is 6. The Balaban J connectivity index is 1.70. The zero-order valence-corrected chi connectivity index (χ0v) is 36.4. The second-order valence-electron chi connectivity index (χ2n) is 19.5. The van der Waals surface area contributed by atoms with E-state index < -0.39 is 124 Å². The number of rotatable bonds is 10. The molecule has 4 aliphatic carbocycles. The predicted octanol–water partition coefficient (Wildman–Crippen LogP) is 3.77. The number of aliphatic hydroxyl groups excluding tert-OH is 2. The van der Waals surface area contributed by atoms with Crippen LogP contribution in [-0.2, 0) is 52.4 Å². The van der Waals surface area contributed by atoms with Gasteiger partial charge in [-0.3, -0.25) is 19.2 Å². The lowest BCUT2D eigenvalue weighted by molar-refractivity contribution is -0.347. The maximum Gasteiger partial charge on any atom is 0.407 e. The van der Waals surface area contributed by atoms with E-state index in [2.05, 4.69) is 5.32 Å². The smallest absolute Gasteiger partial charge is 0.407 e. The molecule has 5 rings (SSSR count). The molecule has 16 heteroatoms. The largest absolute Gasteiger partial charge is 0.459 e. The number of alkyl carbamates (subject to hydrolysis) is 1. The van der Waals surface area contributed by atoms with Gasteiger partial charge in [-0.1, -0.05) is 47.0 Å². The first-order valence-corrected chi connectivity index (χ1v) is 20.9. The lowest BCUT2D eigenvalue weighted by Gasteiger charge is -2.67. The number of amides is 1. The van der Waals surface area contributed by atoms with Gasteiger partial charge in [0.1, 0.15) is 29.5 Å². The fourth-order valence-corrected chi connectivity index (χ4v) is 10.4. The van der Waals surface area contributed by atoms with Crippen LogP contribution in [-0.4, -0.2) is 117 Å². The molecule has 332 valence electrons. The number of hydrogen-bond donors (Lipinski definition) is 4. The quantitative estimate of drug-likeness (QED) is 0.139. The van der Waals surface area contributed by atoms with Gasteiger partial charge in [-0.15, -0.1) is 0 Å². The Morgan fingerprint density at radius 3 is 2.12 bits per heavy atom. The minimum Gasteiger partial charge on any atom is -0.459 e. The number of ether oxygens (including phenoxy) is 6. The molecular weight excluding hydrogens is 770 g/mol. The average molecular weight is 836 g/mol. The van der Waals surface area contributed by atoms with Gasteiger partial charge in [-0.2, -0.15) is 0 Å². The van der Waals surface area contributed by atoms with Crippen LogP contribution in [0.2, 0.25) is 0 Å². The Morgan fingerprint density at radius 2 is 1.59 bits per heavy atom. The number of fused-ring (bicyclic) bond motifs is 5. The summed E-state index contributed by atoms with van der Waals surface area (Å²) in [5.74, 6) is -6.39. The Bertz CT molecular complexity index is 1710. The second kappa shape index (κ2) is 16.7. The number of Topliss-reactive ketones (excluding diaryl/α,β-unsaturated/α-hetero) is 1. The van der Waals surface area contributed by atoms with E-state index in [1.807, 2.05) is 13.8 Å². The lowest BCUT2D eigenvalue weighted by Crippen LogP contribution is -2.82. The van der Waals surface area contributed by atoms with Crippen LogP contribution >= 0.6 is 0 Å². The first-order chi connectivity index (χ1) is 27.2. The zero-order chi connectivity index (χ0) is 44.2. The van der Waals surface area contributed by atoms with E-state index in [-0.39, 0.29) is 36.5 Å². The van der Waals surface area contributed by atoms with Crippen LogP contribution in [0.25, 0.3) is 0 Å². The molecule has 0 aromatic rings. The molecule has 1 saturated heterocycles. The number of hydrogen-bond acceptors (Lipinski definition) is 15. The van der Waals surface area contributed by atoms with E-state index in [0.717, 1.165) is 26.2 Å². The molecule has 0 aromatic carbocycles. The van der Waals surface area contributed by atoms with Crippen LogP contribution in [0.15, 0.2) is 11.1 Å². The van der Waals surface area contributed by atoms with Gasteiger partial charge in [0.05, 0.1) is 36.0 Å². The molecule has 11 atom stereocenters. The Kier molecular flexibility index (Phi) is 13.1. The second-order valence-corrected chi connectivity index (χ2v) is 19.5. The molecule has 0 radical (unpaired) electrons. The van der Waals surface area contributed by atoms with Crippen LogP contribution in [0.5, 0.6) is 0 Å². The Morgan fingerprint density at radius 1 is 0.966 bits per heavy atom. The van der Waals surface area contributed by atoms with E-state index in [4.69, 9.17) is 28.4 Å². The number of ketones is 1. The van der Waals surface area contributed by atoms with Gasteiger partial charge < -0.3 is 49.1 Å². The highest BCUT2D eigenvalue weighted by Crippen LogP contribution is 2.64. The number of aliphatic hydroxyl groups is 3. The molecule has 1 amide bonds. The van der Waals surface area contributed by atoms with Crippen LogP contribution in [0.3, 0.4) is 0 Å². The third kappa shape index (κ3) is 8.52. The molecule has 16 nitrogen and oxygen atoms in total. The SMILES string of the molecule is CC(=O)O[C@H]1C(=O)[C@@]2(C)C([C@H](OC(=O)C3CCCCC3)[C@]3(O)C[C@H](OC(=O)[C@H](O)[C@H](CC(C)C)NC(=O)OC(C)(C)C)C(C)=C1C3(C)C)[C@]1(OC(C)=O)CO[C@@H]1C[C@@H]2O. The summed E-state index contributed by atoms with van der Waals surface area (Å²) in [6.45, 7) is 16.9. The first kappa shape index (κ1) is 46.5. The van der Waals surface area contributed by atoms with Crippen LogP contribution in [0.4, 0.5) is 4.79 Å². The topological polar surface area (TPSA) is 231 Å². The van der Waals surface area contributed by atoms with Crippen molar-refractivity contribution in [2.75, 3.05) is 6.61 Å². The molecule has 1 aliphatic heterocycles. The van der Waals surface area contributed by atoms with Crippen molar-refractivity contribution in [3.8, 4) is 0 Å². The third-order valence-corrected chi connectivity index (χ3v) is 13.4. The highest BCUT2D eigenvalue weighted by atomic mass is 16.6. The molecule has 3 saturated carbocycles. The molecule has 4 fully saturated rings. The minimum absolute atomic E-state index is 0.0449. The standard InChI is InChI=1S/C43H65NO15/c1-21(2)17-26(44-38(52)59-39(6,7)8)31(48)37(51)56-27-19-43(53)35(57-36(50)25-15-13-12-14-16-25)33-41(11,28(47)18-29-42(33,20-54-29)58-24(5)46)34(49)32(55-23(4)45)30(22(27)3)40(43,9)10/h21,25-29,31-33,35,47-48,53H,12-20H2,1-11H3,(H,44,52)/t26-,27-,28-,29+,31+,32+,33?,35-,41+,42-,43+/m0/s1. The van der Waals surface area contributed by atoms with Crippen molar-refractivity contribution in [2.24, 2.45) is 28.6 Å². The Hall–Kier alpha value is -3.60. The summed E-state index contributed by atoms with van der Waals surface area (Å²) in [4.78, 5) is 82.5. The summed E-state index contributed by atoms with van der Waals surface area (Å²) in [6.07, 6.45) is -7.21. The molecule has 4 N–H and O–H groups in total.